The van der Waals surface area contributed by atoms with Gasteiger partial charge in [0.05, 0.1) is 0 Å². The maximum Gasteiger partial charge on any atom is 0.126 e. The Morgan fingerprint density at radius 3 is 2.21 bits per heavy atom. The SMILES string of the molecule is CC[C@@H](C)[C@@H](Oc1ccccc1C)c1ccccc1. The summed E-state index contributed by atoms with van der Waals surface area (Å²) in [4.78, 5) is 0. The number of aryl methyl sites for hydroxylation is 1. The van der Waals surface area contributed by atoms with Gasteiger partial charge in [0, 0.05) is 0 Å². The predicted molar refractivity (Wildman–Crippen MR) is 80.4 cm³/mol. The molecule has 0 fully saturated rings. The summed E-state index contributed by atoms with van der Waals surface area (Å²) < 4.78 is 6.28. The lowest BCUT2D eigenvalue weighted by atomic mass is 9.95. The van der Waals surface area contributed by atoms with Crippen molar-refractivity contribution in [1.82, 2.24) is 0 Å². The Morgan fingerprint density at radius 2 is 1.58 bits per heavy atom. The summed E-state index contributed by atoms with van der Waals surface area (Å²) in [6.45, 7) is 6.55. The van der Waals surface area contributed by atoms with Crippen LogP contribution >= 0.6 is 0 Å². The molecule has 2 rings (SSSR count). The van der Waals surface area contributed by atoms with Gasteiger partial charge in [-0.05, 0) is 36.5 Å². The van der Waals surface area contributed by atoms with Crippen LogP contribution in [0, 0.1) is 12.8 Å². The summed E-state index contributed by atoms with van der Waals surface area (Å²) >= 11 is 0. The van der Waals surface area contributed by atoms with Crippen LogP contribution in [0.2, 0.25) is 0 Å². The quantitative estimate of drug-likeness (QED) is 0.716. The largest absolute Gasteiger partial charge is 0.485 e. The molecular formula is C18H22O. The fraction of sp³-hybridized carbons (Fsp3) is 0.333. The zero-order chi connectivity index (χ0) is 13.7. The van der Waals surface area contributed by atoms with Gasteiger partial charge >= 0.3 is 0 Å². The van der Waals surface area contributed by atoms with Crippen LogP contribution in [0.15, 0.2) is 54.6 Å². The number of hydrogen-bond acceptors (Lipinski definition) is 1. The smallest absolute Gasteiger partial charge is 0.126 e. The summed E-state index contributed by atoms with van der Waals surface area (Å²) in [5.41, 5.74) is 2.44. The fourth-order valence-electron chi connectivity index (χ4n) is 2.19. The molecule has 0 radical (unpaired) electrons. The number of rotatable bonds is 5. The molecule has 0 spiro atoms. The Bertz CT molecular complexity index is 504. The van der Waals surface area contributed by atoms with E-state index in [9.17, 15) is 0 Å². The molecule has 0 unspecified atom stereocenters. The molecule has 2 atom stereocenters. The monoisotopic (exact) mass is 254 g/mol. The van der Waals surface area contributed by atoms with Crippen LogP contribution in [0.25, 0.3) is 0 Å². The summed E-state index contributed by atoms with van der Waals surface area (Å²) in [5.74, 6) is 1.47. The Morgan fingerprint density at radius 1 is 0.947 bits per heavy atom. The standard InChI is InChI=1S/C18H22O/c1-4-14(2)18(16-11-6-5-7-12-16)19-17-13-9-8-10-15(17)3/h5-14,18H,4H2,1-3H3/t14-,18-/m1/s1. The maximum atomic E-state index is 6.28. The van der Waals surface area contributed by atoms with Gasteiger partial charge in [0.1, 0.15) is 11.9 Å². The summed E-state index contributed by atoms with van der Waals surface area (Å²) in [6, 6.07) is 18.7. The minimum atomic E-state index is 0.118. The van der Waals surface area contributed by atoms with Crippen molar-refractivity contribution in [3.05, 3.63) is 65.7 Å². The molecule has 0 aromatic heterocycles. The first-order chi connectivity index (χ1) is 9.22. The molecule has 0 aliphatic rings. The van der Waals surface area contributed by atoms with Crippen molar-refractivity contribution < 1.29 is 4.74 Å². The van der Waals surface area contributed by atoms with Crippen molar-refractivity contribution in [2.75, 3.05) is 0 Å². The second kappa shape index (κ2) is 6.42. The van der Waals surface area contributed by atoms with Crippen LogP contribution in [0.4, 0.5) is 0 Å². The predicted octanol–water partition coefficient (Wildman–Crippen LogP) is 5.16. The van der Waals surface area contributed by atoms with Crippen LogP contribution in [0.3, 0.4) is 0 Å². The van der Waals surface area contributed by atoms with Gasteiger partial charge in [-0.15, -0.1) is 0 Å². The van der Waals surface area contributed by atoms with Gasteiger partial charge in [0.15, 0.2) is 0 Å². The molecule has 0 saturated heterocycles. The van der Waals surface area contributed by atoms with Crippen molar-refractivity contribution in [3.8, 4) is 5.75 Å². The maximum absolute atomic E-state index is 6.28. The molecule has 2 aromatic carbocycles. The number of hydrogen-bond donors (Lipinski definition) is 0. The van der Waals surface area contributed by atoms with E-state index in [2.05, 4.69) is 51.1 Å². The third kappa shape index (κ3) is 3.37. The van der Waals surface area contributed by atoms with Crippen LogP contribution < -0.4 is 4.74 Å². The highest BCUT2D eigenvalue weighted by Gasteiger charge is 2.20. The topological polar surface area (TPSA) is 9.23 Å². The number of benzene rings is 2. The van der Waals surface area contributed by atoms with Gasteiger partial charge in [0.25, 0.3) is 0 Å². The van der Waals surface area contributed by atoms with Crippen LogP contribution in [-0.4, -0.2) is 0 Å². The molecule has 19 heavy (non-hydrogen) atoms. The molecule has 0 aliphatic carbocycles. The van der Waals surface area contributed by atoms with E-state index in [0.29, 0.717) is 5.92 Å². The first-order valence-corrected chi connectivity index (χ1v) is 6.99. The van der Waals surface area contributed by atoms with Crippen molar-refractivity contribution in [3.63, 3.8) is 0 Å². The van der Waals surface area contributed by atoms with E-state index >= 15 is 0 Å². The summed E-state index contributed by atoms with van der Waals surface area (Å²) in [7, 11) is 0. The first kappa shape index (κ1) is 13.7. The Kier molecular flexibility index (Phi) is 4.62. The molecule has 0 N–H and O–H groups in total. The number of ether oxygens (including phenoxy) is 1. The highest BCUT2D eigenvalue weighted by Crippen LogP contribution is 2.31. The third-order valence-electron chi connectivity index (χ3n) is 3.64. The van der Waals surface area contributed by atoms with E-state index in [1.54, 1.807) is 0 Å². The average Bonchev–Trinajstić information content (AvgIpc) is 2.46. The van der Waals surface area contributed by atoms with E-state index in [4.69, 9.17) is 4.74 Å². The second-order valence-corrected chi connectivity index (χ2v) is 5.10. The lowest BCUT2D eigenvalue weighted by Gasteiger charge is -2.25. The molecule has 0 amide bonds. The van der Waals surface area contributed by atoms with Crippen LogP contribution in [0.1, 0.15) is 37.5 Å². The Hall–Kier alpha value is -1.76. The molecular weight excluding hydrogens is 232 g/mol. The molecule has 0 saturated carbocycles. The van der Waals surface area contributed by atoms with Gasteiger partial charge in [-0.2, -0.15) is 0 Å². The lowest BCUT2D eigenvalue weighted by molar-refractivity contribution is 0.140. The summed E-state index contributed by atoms with van der Waals surface area (Å²) in [5, 5.41) is 0. The third-order valence-corrected chi connectivity index (χ3v) is 3.64. The van der Waals surface area contributed by atoms with E-state index in [-0.39, 0.29) is 6.10 Å². The minimum absolute atomic E-state index is 0.118. The van der Waals surface area contributed by atoms with E-state index in [1.807, 2.05) is 24.3 Å². The highest BCUT2D eigenvalue weighted by molar-refractivity contribution is 5.33. The zero-order valence-corrected chi connectivity index (χ0v) is 12.0. The second-order valence-electron chi connectivity index (χ2n) is 5.10. The molecule has 2 aromatic rings. The minimum Gasteiger partial charge on any atom is -0.485 e. The van der Waals surface area contributed by atoms with Crippen LogP contribution in [-0.2, 0) is 0 Å². The highest BCUT2D eigenvalue weighted by atomic mass is 16.5. The van der Waals surface area contributed by atoms with E-state index < -0.39 is 0 Å². The fourth-order valence-corrected chi connectivity index (χ4v) is 2.19. The Labute approximate surface area is 116 Å². The van der Waals surface area contributed by atoms with Crippen LogP contribution in [0.5, 0.6) is 5.75 Å². The average molecular weight is 254 g/mol. The van der Waals surface area contributed by atoms with Gasteiger partial charge in [0.2, 0.25) is 0 Å². The van der Waals surface area contributed by atoms with Crippen molar-refractivity contribution >= 4 is 0 Å². The molecule has 0 aliphatic heterocycles. The first-order valence-electron chi connectivity index (χ1n) is 6.99. The molecule has 0 bridgehead atoms. The molecule has 0 heterocycles. The summed E-state index contributed by atoms with van der Waals surface area (Å²) in [6.07, 6.45) is 1.22. The lowest BCUT2D eigenvalue weighted by Crippen LogP contribution is -2.16. The molecule has 1 nitrogen and oxygen atoms in total. The molecule has 100 valence electrons. The van der Waals surface area contributed by atoms with Crippen molar-refractivity contribution in [2.24, 2.45) is 5.92 Å². The van der Waals surface area contributed by atoms with Gasteiger partial charge < -0.3 is 4.74 Å². The zero-order valence-electron chi connectivity index (χ0n) is 12.0. The molecule has 1 heteroatoms. The van der Waals surface area contributed by atoms with Crippen molar-refractivity contribution in [1.29, 1.82) is 0 Å². The van der Waals surface area contributed by atoms with Gasteiger partial charge in [-0.1, -0.05) is 62.4 Å². The van der Waals surface area contributed by atoms with E-state index in [0.717, 1.165) is 12.2 Å². The Balaban J connectivity index is 2.27. The van der Waals surface area contributed by atoms with Gasteiger partial charge in [-0.3, -0.25) is 0 Å². The normalized spacial score (nSPS) is 13.8. The van der Waals surface area contributed by atoms with E-state index in [1.165, 1.54) is 11.1 Å². The number of para-hydroxylation sites is 1. The van der Waals surface area contributed by atoms with Gasteiger partial charge in [-0.25, -0.2) is 0 Å². The van der Waals surface area contributed by atoms with Crippen molar-refractivity contribution in [2.45, 2.75) is 33.3 Å².